The van der Waals surface area contributed by atoms with Gasteiger partial charge in [-0.25, -0.2) is 4.90 Å². The number of carbonyl (C=O) groups excluding carboxylic acids is 3. The lowest BCUT2D eigenvalue weighted by Crippen LogP contribution is -2.29. The van der Waals surface area contributed by atoms with Crippen molar-refractivity contribution in [2.45, 2.75) is 12.8 Å². The summed E-state index contributed by atoms with van der Waals surface area (Å²) in [6, 6.07) is 20.0. The standard InChI is InChI=1S/C24H18ClNO5/c25-16-10-12-18(13-11-16)30-14-4-9-22(27)31-19-6-3-5-17(15-19)26-23(28)20-7-1-2-8-21(20)24(26)29/h1-3,5-8,10-13,15H,4,9,14H2. The van der Waals surface area contributed by atoms with Crippen molar-refractivity contribution in [2.24, 2.45) is 0 Å². The molecule has 2 amide bonds. The zero-order chi connectivity index (χ0) is 21.8. The van der Waals surface area contributed by atoms with E-state index in [0.717, 1.165) is 4.90 Å². The summed E-state index contributed by atoms with van der Waals surface area (Å²) in [5.74, 6) is -0.296. The molecule has 1 aliphatic heterocycles. The molecule has 1 aliphatic rings. The first-order valence-corrected chi connectivity index (χ1v) is 10.1. The van der Waals surface area contributed by atoms with Crippen molar-refractivity contribution in [3.8, 4) is 11.5 Å². The van der Waals surface area contributed by atoms with Gasteiger partial charge in [0.1, 0.15) is 11.5 Å². The van der Waals surface area contributed by atoms with Gasteiger partial charge in [0.25, 0.3) is 11.8 Å². The Balaban J connectivity index is 1.33. The smallest absolute Gasteiger partial charge is 0.311 e. The number of rotatable bonds is 7. The first kappa shape index (κ1) is 20.6. The van der Waals surface area contributed by atoms with Gasteiger partial charge in [-0.15, -0.1) is 0 Å². The summed E-state index contributed by atoms with van der Waals surface area (Å²) >= 11 is 5.83. The number of carbonyl (C=O) groups is 3. The Bertz CT molecular complexity index is 1110. The summed E-state index contributed by atoms with van der Waals surface area (Å²) < 4.78 is 10.9. The largest absolute Gasteiger partial charge is 0.494 e. The van der Waals surface area contributed by atoms with Crippen LogP contribution in [0.1, 0.15) is 33.6 Å². The number of fused-ring (bicyclic) bond motifs is 1. The van der Waals surface area contributed by atoms with E-state index in [1.807, 2.05) is 0 Å². The molecule has 0 saturated carbocycles. The second kappa shape index (κ2) is 9.02. The quantitative estimate of drug-likeness (QED) is 0.228. The summed E-state index contributed by atoms with van der Waals surface area (Å²) in [5, 5.41) is 0.624. The first-order chi connectivity index (χ1) is 15.0. The highest BCUT2D eigenvalue weighted by Gasteiger charge is 2.36. The summed E-state index contributed by atoms with van der Waals surface area (Å²) in [6.07, 6.45) is 0.629. The Morgan fingerprint density at radius 1 is 0.839 bits per heavy atom. The summed E-state index contributed by atoms with van der Waals surface area (Å²) in [5.41, 5.74) is 1.06. The normalized spacial score (nSPS) is 12.6. The predicted molar refractivity (Wildman–Crippen MR) is 116 cm³/mol. The molecule has 0 aliphatic carbocycles. The molecule has 0 saturated heterocycles. The van der Waals surface area contributed by atoms with E-state index in [9.17, 15) is 14.4 Å². The van der Waals surface area contributed by atoms with Crippen LogP contribution in [0.2, 0.25) is 5.02 Å². The van der Waals surface area contributed by atoms with E-state index in [1.54, 1.807) is 66.7 Å². The molecule has 0 radical (unpaired) electrons. The molecule has 0 bridgehead atoms. The SMILES string of the molecule is O=C(CCCOc1ccc(Cl)cc1)Oc1cccc(N2C(=O)c3ccccc3C2=O)c1. The van der Waals surface area contributed by atoms with Crippen LogP contribution in [0.3, 0.4) is 0 Å². The van der Waals surface area contributed by atoms with Gasteiger partial charge in [-0.05, 0) is 55.0 Å². The number of anilines is 1. The van der Waals surface area contributed by atoms with Gasteiger partial charge in [0.2, 0.25) is 0 Å². The van der Waals surface area contributed by atoms with E-state index in [2.05, 4.69) is 0 Å². The second-order valence-corrected chi connectivity index (χ2v) is 7.31. The van der Waals surface area contributed by atoms with Crippen molar-refractivity contribution in [2.75, 3.05) is 11.5 Å². The number of esters is 1. The Hall–Kier alpha value is -3.64. The highest BCUT2D eigenvalue weighted by atomic mass is 35.5. The third-order valence-corrected chi connectivity index (χ3v) is 4.96. The van der Waals surface area contributed by atoms with Crippen LogP contribution in [0.4, 0.5) is 5.69 Å². The molecule has 0 N–H and O–H groups in total. The Labute approximate surface area is 184 Å². The Kier molecular flexibility index (Phi) is 6.00. The maximum absolute atomic E-state index is 12.6. The Morgan fingerprint density at radius 3 is 2.19 bits per heavy atom. The number of hydrogen-bond donors (Lipinski definition) is 0. The molecular formula is C24H18ClNO5. The highest BCUT2D eigenvalue weighted by Crippen LogP contribution is 2.30. The van der Waals surface area contributed by atoms with E-state index in [1.165, 1.54) is 6.07 Å². The van der Waals surface area contributed by atoms with Gasteiger partial charge >= 0.3 is 5.97 Å². The zero-order valence-electron chi connectivity index (χ0n) is 16.4. The lowest BCUT2D eigenvalue weighted by atomic mass is 10.1. The molecule has 156 valence electrons. The molecule has 3 aromatic carbocycles. The van der Waals surface area contributed by atoms with E-state index < -0.39 is 17.8 Å². The van der Waals surface area contributed by atoms with Gasteiger partial charge in [0.15, 0.2) is 0 Å². The molecule has 0 atom stereocenters. The van der Waals surface area contributed by atoms with Gasteiger partial charge in [0.05, 0.1) is 23.4 Å². The fourth-order valence-electron chi connectivity index (χ4n) is 3.23. The highest BCUT2D eigenvalue weighted by molar-refractivity contribution is 6.34. The van der Waals surface area contributed by atoms with Gasteiger partial charge < -0.3 is 9.47 Å². The number of benzene rings is 3. The fourth-order valence-corrected chi connectivity index (χ4v) is 3.36. The molecule has 0 fully saturated rings. The van der Waals surface area contributed by atoms with Crippen LogP contribution in [0.25, 0.3) is 0 Å². The monoisotopic (exact) mass is 435 g/mol. The third-order valence-electron chi connectivity index (χ3n) is 4.71. The van der Waals surface area contributed by atoms with Crippen LogP contribution in [0, 0.1) is 0 Å². The molecule has 0 aromatic heterocycles. The van der Waals surface area contributed by atoms with Gasteiger partial charge in [-0.2, -0.15) is 0 Å². The van der Waals surface area contributed by atoms with Crippen molar-refractivity contribution in [1.29, 1.82) is 0 Å². The lowest BCUT2D eigenvalue weighted by Gasteiger charge is -2.15. The van der Waals surface area contributed by atoms with Gasteiger partial charge in [-0.3, -0.25) is 14.4 Å². The van der Waals surface area contributed by atoms with Crippen molar-refractivity contribution in [3.05, 3.63) is 88.9 Å². The average Bonchev–Trinajstić information content (AvgIpc) is 3.03. The molecule has 4 rings (SSSR count). The predicted octanol–water partition coefficient (Wildman–Crippen LogP) is 4.91. The second-order valence-electron chi connectivity index (χ2n) is 6.87. The third kappa shape index (κ3) is 4.59. The number of hydrogen-bond acceptors (Lipinski definition) is 5. The zero-order valence-corrected chi connectivity index (χ0v) is 17.2. The van der Waals surface area contributed by atoms with Crippen molar-refractivity contribution < 1.29 is 23.9 Å². The number of ether oxygens (including phenoxy) is 2. The van der Waals surface area contributed by atoms with Crippen LogP contribution >= 0.6 is 11.6 Å². The molecule has 0 unspecified atom stereocenters. The van der Waals surface area contributed by atoms with Crippen molar-refractivity contribution in [3.63, 3.8) is 0 Å². The van der Waals surface area contributed by atoms with Crippen LogP contribution in [0.15, 0.2) is 72.8 Å². The van der Waals surface area contributed by atoms with Crippen molar-refractivity contribution >= 4 is 35.1 Å². The van der Waals surface area contributed by atoms with Crippen LogP contribution in [0.5, 0.6) is 11.5 Å². The minimum Gasteiger partial charge on any atom is -0.494 e. The summed E-state index contributed by atoms with van der Waals surface area (Å²) in [4.78, 5) is 38.5. The molecule has 3 aromatic rings. The molecule has 31 heavy (non-hydrogen) atoms. The van der Waals surface area contributed by atoms with E-state index in [4.69, 9.17) is 21.1 Å². The average molecular weight is 436 g/mol. The molecule has 6 nitrogen and oxygen atoms in total. The van der Waals surface area contributed by atoms with Crippen LogP contribution in [-0.4, -0.2) is 24.4 Å². The first-order valence-electron chi connectivity index (χ1n) is 9.70. The summed E-state index contributed by atoms with van der Waals surface area (Å²) in [6.45, 7) is 0.353. The van der Waals surface area contributed by atoms with Gasteiger partial charge in [0, 0.05) is 17.5 Å². The number of nitrogens with zero attached hydrogens (tertiary/aromatic N) is 1. The molecule has 7 heteroatoms. The van der Waals surface area contributed by atoms with Gasteiger partial charge in [-0.1, -0.05) is 29.8 Å². The number of imide groups is 1. The topological polar surface area (TPSA) is 72.9 Å². The van der Waals surface area contributed by atoms with E-state index in [-0.39, 0.29) is 12.2 Å². The lowest BCUT2D eigenvalue weighted by molar-refractivity contribution is -0.134. The van der Waals surface area contributed by atoms with Crippen molar-refractivity contribution in [1.82, 2.24) is 0 Å². The molecule has 1 heterocycles. The van der Waals surface area contributed by atoms with E-state index in [0.29, 0.717) is 40.6 Å². The number of halogens is 1. The molecule has 0 spiro atoms. The molecular weight excluding hydrogens is 418 g/mol. The maximum Gasteiger partial charge on any atom is 0.311 e. The fraction of sp³-hybridized carbons (Fsp3) is 0.125. The van der Waals surface area contributed by atoms with Crippen LogP contribution in [-0.2, 0) is 4.79 Å². The maximum atomic E-state index is 12.6. The Morgan fingerprint density at radius 2 is 1.52 bits per heavy atom. The number of amides is 2. The minimum atomic E-state index is -0.431. The minimum absolute atomic E-state index is 0.158. The summed E-state index contributed by atoms with van der Waals surface area (Å²) in [7, 11) is 0. The van der Waals surface area contributed by atoms with E-state index >= 15 is 0 Å². The van der Waals surface area contributed by atoms with Crippen LogP contribution < -0.4 is 14.4 Å².